The Hall–Kier alpha value is -1.03. The van der Waals surface area contributed by atoms with Gasteiger partial charge in [0.15, 0.2) is 0 Å². The van der Waals surface area contributed by atoms with Gasteiger partial charge >= 0.3 is 0 Å². The van der Waals surface area contributed by atoms with Crippen LogP contribution < -0.4 is 5.73 Å². The fourth-order valence-electron chi connectivity index (χ4n) is 2.48. The van der Waals surface area contributed by atoms with Gasteiger partial charge in [0, 0.05) is 28.3 Å². The minimum absolute atomic E-state index is 0.0948. The molecule has 4 heteroatoms. The second kappa shape index (κ2) is 5.74. The van der Waals surface area contributed by atoms with Crippen LogP contribution in [0, 0.1) is 0 Å². The lowest BCUT2D eigenvalue weighted by Crippen LogP contribution is -2.38. The van der Waals surface area contributed by atoms with E-state index in [2.05, 4.69) is 22.9 Å². The number of nitrogens with two attached hydrogens (primary N) is 1. The molecule has 0 radical (unpaired) electrons. The van der Waals surface area contributed by atoms with Gasteiger partial charge in [0.25, 0.3) is 5.91 Å². The number of anilines is 1. The number of rotatable bonds is 1. The Bertz CT molecular complexity index is 427. The van der Waals surface area contributed by atoms with Gasteiger partial charge in [-0.15, -0.1) is 0 Å². The molecule has 1 aliphatic rings. The van der Waals surface area contributed by atoms with E-state index in [0.29, 0.717) is 17.3 Å². The molecule has 1 aromatic carbocycles. The van der Waals surface area contributed by atoms with Crippen LogP contribution in [-0.2, 0) is 0 Å². The van der Waals surface area contributed by atoms with Gasteiger partial charge < -0.3 is 10.6 Å². The predicted molar refractivity (Wildman–Crippen MR) is 77.5 cm³/mol. The molecule has 1 aliphatic heterocycles. The van der Waals surface area contributed by atoms with E-state index in [1.54, 1.807) is 6.07 Å². The molecule has 0 saturated carbocycles. The van der Waals surface area contributed by atoms with E-state index in [1.165, 1.54) is 12.8 Å². The molecule has 18 heavy (non-hydrogen) atoms. The topological polar surface area (TPSA) is 46.3 Å². The van der Waals surface area contributed by atoms with Crippen LogP contribution in [0.2, 0.25) is 0 Å². The normalized spacial score (nSPS) is 20.6. The van der Waals surface area contributed by atoms with Crippen molar-refractivity contribution in [1.82, 2.24) is 4.90 Å². The summed E-state index contributed by atoms with van der Waals surface area (Å²) >= 11 is 3.39. The first-order valence-electron chi connectivity index (χ1n) is 6.45. The zero-order valence-corrected chi connectivity index (χ0v) is 12.2. The summed E-state index contributed by atoms with van der Waals surface area (Å²) in [5, 5.41) is 0. The Morgan fingerprint density at radius 2 is 2.11 bits per heavy atom. The van der Waals surface area contributed by atoms with Crippen LogP contribution in [0.15, 0.2) is 22.7 Å². The van der Waals surface area contributed by atoms with Crippen LogP contribution in [0.1, 0.15) is 43.0 Å². The highest BCUT2D eigenvalue weighted by Gasteiger charge is 2.23. The van der Waals surface area contributed by atoms with E-state index in [1.807, 2.05) is 17.0 Å². The summed E-state index contributed by atoms with van der Waals surface area (Å²) in [6, 6.07) is 5.73. The Kier molecular flexibility index (Phi) is 4.27. The third-order valence-electron chi connectivity index (χ3n) is 3.48. The number of carbonyl (C=O) groups excluding carboxylic acids is 1. The Morgan fingerprint density at radius 3 is 2.83 bits per heavy atom. The summed E-state index contributed by atoms with van der Waals surface area (Å²) in [4.78, 5) is 14.5. The van der Waals surface area contributed by atoms with Crippen molar-refractivity contribution < 1.29 is 4.79 Å². The summed E-state index contributed by atoms with van der Waals surface area (Å²) in [6.45, 7) is 2.98. The molecule has 1 unspecified atom stereocenters. The van der Waals surface area contributed by atoms with Crippen LogP contribution in [0.4, 0.5) is 5.69 Å². The molecule has 3 nitrogen and oxygen atoms in total. The van der Waals surface area contributed by atoms with E-state index < -0.39 is 0 Å². The van der Waals surface area contributed by atoms with Gasteiger partial charge in [-0.25, -0.2) is 0 Å². The number of amides is 1. The molecular weight excluding hydrogens is 292 g/mol. The van der Waals surface area contributed by atoms with Crippen LogP contribution >= 0.6 is 15.9 Å². The van der Waals surface area contributed by atoms with E-state index in [4.69, 9.17) is 5.73 Å². The van der Waals surface area contributed by atoms with E-state index in [0.717, 1.165) is 23.9 Å². The quantitative estimate of drug-likeness (QED) is 0.808. The minimum Gasteiger partial charge on any atom is -0.399 e. The van der Waals surface area contributed by atoms with Crippen LogP contribution in [-0.4, -0.2) is 23.4 Å². The molecule has 2 N–H and O–H groups in total. The molecule has 1 aromatic rings. The number of hydrogen-bond donors (Lipinski definition) is 1. The third kappa shape index (κ3) is 3.05. The second-order valence-electron chi connectivity index (χ2n) is 4.97. The molecule has 1 heterocycles. The van der Waals surface area contributed by atoms with E-state index in [-0.39, 0.29) is 5.91 Å². The van der Waals surface area contributed by atoms with Crippen LogP contribution in [0.5, 0.6) is 0 Å². The zero-order valence-electron chi connectivity index (χ0n) is 10.7. The molecule has 0 spiro atoms. The van der Waals surface area contributed by atoms with Crippen LogP contribution in [0.25, 0.3) is 0 Å². The molecule has 98 valence electrons. The lowest BCUT2D eigenvalue weighted by Gasteiger charge is -2.27. The van der Waals surface area contributed by atoms with E-state index in [9.17, 15) is 4.79 Å². The molecule has 0 bridgehead atoms. The van der Waals surface area contributed by atoms with Crippen molar-refractivity contribution in [3.63, 3.8) is 0 Å². The summed E-state index contributed by atoms with van der Waals surface area (Å²) in [6.07, 6.45) is 4.62. The molecule has 1 fully saturated rings. The molecule has 0 aliphatic carbocycles. The fourth-order valence-corrected chi connectivity index (χ4v) is 2.99. The highest BCUT2D eigenvalue weighted by molar-refractivity contribution is 9.10. The van der Waals surface area contributed by atoms with Crippen molar-refractivity contribution in [3.05, 3.63) is 28.2 Å². The summed E-state index contributed by atoms with van der Waals surface area (Å²) in [5.74, 6) is 0.0948. The number of halogens is 1. The largest absolute Gasteiger partial charge is 0.399 e. The number of hydrogen-bond acceptors (Lipinski definition) is 2. The van der Waals surface area contributed by atoms with Gasteiger partial charge in [0.2, 0.25) is 0 Å². The lowest BCUT2D eigenvalue weighted by atomic mass is 10.1. The maximum absolute atomic E-state index is 12.5. The third-order valence-corrected chi connectivity index (χ3v) is 3.94. The Morgan fingerprint density at radius 1 is 1.33 bits per heavy atom. The highest BCUT2D eigenvalue weighted by atomic mass is 79.9. The first-order valence-corrected chi connectivity index (χ1v) is 7.24. The highest BCUT2D eigenvalue weighted by Crippen LogP contribution is 2.22. The van der Waals surface area contributed by atoms with Crippen molar-refractivity contribution in [2.24, 2.45) is 0 Å². The molecule has 1 saturated heterocycles. The number of benzene rings is 1. The first kappa shape index (κ1) is 13.4. The van der Waals surface area contributed by atoms with Gasteiger partial charge in [0.05, 0.1) is 0 Å². The molecule has 0 aromatic heterocycles. The molecule has 1 amide bonds. The van der Waals surface area contributed by atoms with Crippen molar-refractivity contribution in [2.75, 3.05) is 12.3 Å². The molecule has 2 rings (SSSR count). The van der Waals surface area contributed by atoms with Crippen LogP contribution in [0.3, 0.4) is 0 Å². The predicted octanol–water partition coefficient (Wildman–Crippen LogP) is 3.44. The summed E-state index contributed by atoms with van der Waals surface area (Å²) < 4.78 is 0.855. The molecule has 1 atom stereocenters. The Labute approximate surface area is 116 Å². The summed E-state index contributed by atoms with van der Waals surface area (Å²) in [5.41, 5.74) is 7.09. The average Bonchev–Trinajstić information content (AvgIpc) is 2.51. The maximum atomic E-state index is 12.5. The smallest absolute Gasteiger partial charge is 0.254 e. The summed E-state index contributed by atoms with van der Waals surface area (Å²) in [7, 11) is 0. The van der Waals surface area contributed by atoms with Crippen molar-refractivity contribution in [2.45, 2.75) is 38.6 Å². The van der Waals surface area contributed by atoms with Crippen molar-refractivity contribution >= 4 is 27.5 Å². The zero-order chi connectivity index (χ0) is 13.1. The number of nitrogens with zero attached hydrogens (tertiary/aromatic N) is 1. The van der Waals surface area contributed by atoms with Crippen molar-refractivity contribution in [1.29, 1.82) is 0 Å². The van der Waals surface area contributed by atoms with Gasteiger partial charge in [-0.3, -0.25) is 4.79 Å². The van der Waals surface area contributed by atoms with Crippen molar-refractivity contribution in [3.8, 4) is 0 Å². The second-order valence-corrected chi connectivity index (χ2v) is 5.89. The standard InChI is InChI=1S/C14H19BrN2O/c1-10-5-3-2-4-6-17(10)14(18)11-7-12(15)9-13(16)8-11/h7-10H,2-6,16H2,1H3. The van der Waals surface area contributed by atoms with E-state index >= 15 is 0 Å². The fraction of sp³-hybridized carbons (Fsp3) is 0.500. The van der Waals surface area contributed by atoms with Gasteiger partial charge in [0.1, 0.15) is 0 Å². The number of carbonyl (C=O) groups is 1. The monoisotopic (exact) mass is 310 g/mol. The van der Waals surface area contributed by atoms with Gasteiger partial charge in [-0.2, -0.15) is 0 Å². The minimum atomic E-state index is 0.0948. The average molecular weight is 311 g/mol. The maximum Gasteiger partial charge on any atom is 0.254 e. The molecular formula is C14H19BrN2O. The van der Waals surface area contributed by atoms with Gasteiger partial charge in [-0.05, 0) is 38.0 Å². The first-order chi connectivity index (χ1) is 8.58. The number of likely N-dealkylation sites (tertiary alicyclic amines) is 1. The Balaban J connectivity index is 2.23. The van der Waals surface area contributed by atoms with Gasteiger partial charge in [-0.1, -0.05) is 28.8 Å². The number of nitrogen functional groups attached to an aromatic ring is 1. The lowest BCUT2D eigenvalue weighted by molar-refractivity contribution is 0.0698. The SMILES string of the molecule is CC1CCCCCN1C(=O)c1cc(N)cc(Br)c1.